The van der Waals surface area contributed by atoms with Gasteiger partial charge in [0.05, 0.1) is 10.6 Å². The van der Waals surface area contributed by atoms with Crippen molar-refractivity contribution in [3.8, 4) is 0 Å². The number of nitrogen functional groups attached to an aromatic ring is 1. The van der Waals surface area contributed by atoms with Gasteiger partial charge in [0.2, 0.25) is 0 Å². The Morgan fingerprint density at radius 1 is 1.47 bits per heavy atom. The Morgan fingerprint density at radius 2 is 2.16 bits per heavy atom. The molecule has 1 heterocycles. The summed E-state index contributed by atoms with van der Waals surface area (Å²) >= 11 is 3.02. The van der Waals surface area contributed by atoms with Gasteiger partial charge in [-0.15, -0.1) is 23.1 Å². The molecule has 1 atom stereocenters. The number of thiophene rings is 1. The number of hydrogen-bond acceptors (Lipinski definition) is 5. The lowest BCUT2D eigenvalue weighted by molar-refractivity contribution is 0.0958. The summed E-state index contributed by atoms with van der Waals surface area (Å²) in [6.07, 6.45) is 3.93. The van der Waals surface area contributed by atoms with Crippen LogP contribution in [0.3, 0.4) is 0 Å². The normalized spacial score (nSPS) is 12.2. The lowest BCUT2D eigenvalue weighted by atomic mass is 10.2. The molecule has 0 aromatic carbocycles. The highest BCUT2D eigenvalue weighted by Gasteiger charge is 2.20. The van der Waals surface area contributed by atoms with E-state index in [1.54, 1.807) is 11.8 Å². The SMILES string of the molecule is CCCNC(=O)c1sc(NC(C)CC)c(SC)c1N. The van der Waals surface area contributed by atoms with Gasteiger partial charge in [-0.25, -0.2) is 0 Å². The largest absolute Gasteiger partial charge is 0.396 e. The molecule has 0 radical (unpaired) electrons. The molecule has 6 heteroatoms. The first-order valence-corrected chi connectivity index (χ1v) is 8.60. The zero-order chi connectivity index (χ0) is 14.4. The van der Waals surface area contributed by atoms with Gasteiger partial charge >= 0.3 is 0 Å². The monoisotopic (exact) mass is 301 g/mol. The second-order valence-electron chi connectivity index (χ2n) is 4.42. The lowest BCUT2D eigenvalue weighted by Gasteiger charge is -2.12. The number of thioether (sulfide) groups is 1. The van der Waals surface area contributed by atoms with Crippen LogP contribution in [-0.4, -0.2) is 24.7 Å². The molecule has 1 rings (SSSR count). The molecule has 0 aliphatic heterocycles. The molecular formula is C13H23N3OS2. The van der Waals surface area contributed by atoms with Gasteiger partial charge in [0, 0.05) is 12.6 Å². The van der Waals surface area contributed by atoms with E-state index in [4.69, 9.17) is 5.73 Å². The molecular weight excluding hydrogens is 278 g/mol. The van der Waals surface area contributed by atoms with Crippen molar-refractivity contribution in [2.45, 2.75) is 44.6 Å². The van der Waals surface area contributed by atoms with Gasteiger partial charge in [-0.3, -0.25) is 4.79 Å². The first kappa shape index (κ1) is 16.2. The quantitative estimate of drug-likeness (QED) is 0.675. The van der Waals surface area contributed by atoms with Crippen molar-refractivity contribution in [1.29, 1.82) is 0 Å². The van der Waals surface area contributed by atoms with Gasteiger partial charge in [-0.2, -0.15) is 0 Å². The summed E-state index contributed by atoms with van der Waals surface area (Å²) in [6.45, 7) is 6.96. The van der Waals surface area contributed by atoms with Crippen molar-refractivity contribution in [2.24, 2.45) is 0 Å². The Kier molecular flexibility index (Phi) is 6.51. The van der Waals surface area contributed by atoms with Crippen molar-refractivity contribution in [3.05, 3.63) is 4.88 Å². The minimum Gasteiger partial charge on any atom is -0.396 e. The molecule has 19 heavy (non-hydrogen) atoms. The van der Waals surface area contributed by atoms with Crippen molar-refractivity contribution >= 4 is 39.7 Å². The molecule has 0 saturated carbocycles. The van der Waals surface area contributed by atoms with Crippen LogP contribution in [0.1, 0.15) is 43.3 Å². The van der Waals surface area contributed by atoms with Crippen LogP contribution < -0.4 is 16.4 Å². The molecule has 4 nitrogen and oxygen atoms in total. The molecule has 0 aliphatic carbocycles. The van der Waals surface area contributed by atoms with Crippen LogP contribution in [0.4, 0.5) is 10.7 Å². The van der Waals surface area contributed by atoms with Crippen LogP contribution in [0, 0.1) is 0 Å². The number of amides is 1. The molecule has 0 fully saturated rings. The average Bonchev–Trinajstić information content (AvgIpc) is 2.72. The predicted octanol–water partition coefficient (Wildman–Crippen LogP) is 3.40. The first-order chi connectivity index (χ1) is 9.04. The third-order valence-corrected chi connectivity index (χ3v) is 4.93. The van der Waals surface area contributed by atoms with Gasteiger partial charge in [0.15, 0.2) is 0 Å². The topological polar surface area (TPSA) is 67.2 Å². The van der Waals surface area contributed by atoms with Gasteiger partial charge in [0.25, 0.3) is 5.91 Å². The average molecular weight is 301 g/mol. The number of rotatable bonds is 7. The highest BCUT2D eigenvalue weighted by Crippen LogP contribution is 2.42. The molecule has 108 valence electrons. The van der Waals surface area contributed by atoms with Crippen LogP contribution in [0.5, 0.6) is 0 Å². The predicted molar refractivity (Wildman–Crippen MR) is 86.5 cm³/mol. The zero-order valence-corrected chi connectivity index (χ0v) is 13.6. The van der Waals surface area contributed by atoms with E-state index in [-0.39, 0.29) is 5.91 Å². The zero-order valence-electron chi connectivity index (χ0n) is 12.0. The number of nitrogens with one attached hydrogen (secondary N) is 2. The maximum absolute atomic E-state index is 12.0. The van der Waals surface area contributed by atoms with E-state index in [2.05, 4.69) is 24.5 Å². The number of anilines is 2. The molecule has 0 bridgehead atoms. The fourth-order valence-corrected chi connectivity index (χ4v) is 3.59. The molecule has 1 aromatic rings. The van der Waals surface area contributed by atoms with E-state index in [9.17, 15) is 4.79 Å². The van der Waals surface area contributed by atoms with Crippen molar-refractivity contribution in [3.63, 3.8) is 0 Å². The Balaban J connectivity index is 2.97. The molecule has 1 aromatic heterocycles. The summed E-state index contributed by atoms with van der Waals surface area (Å²) in [5.74, 6) is -0.0724. The molecule has 0 aliphatic rings. The van der Waals surface area contributed by atoms with Crippen LogP contribution >= 0.6 is 23.1 Å². The molecule has 1 amide bonds. The summed E-state index contributed by atoms with van der Waals surface area (Å²) in [5, 5.41) is 7.30. The number of hydrogen-bond donors (Lipinski definition) is 3. The minimum atomic E-state index is -0.0724. The van der Waals surface area contributed by atoms with E-state index in [1.807, 2.05) is 13.2 Å². The van der Waals surface area contributed by atoms with Crippen molar-refractivity contribution in [2.75, 3.05) is 23.9 Å². The Labute approximate surface area is 123 Å². The van der Waals surface area contributed by atoms with Gasteiger partial charge < -0.3 is 16.4 Å². The van der Waals surface area contributed by atoms with Crippen molar-refractivity contribution < 1.29 is 4.79 Å². The smallest absolute Gasteiger partial charge is 0.263 e. The van der Waals surface area contributed by atoms with Crippen LogP contribution in [0.15, 0.2) is 4.90 Å². The maximum atomic E-state index is 12.0. The summed E-state index contributed by atoms with van der Waals surface area (Å²) < 4.78 is 0. The number of nitrogens with two attached hydrogens (primary N) is 1. The van der Waals surface area contributed by atoms with E-state index in [0.717, 1.165) is 22.7 Å². The highest BCUT2D eigenvalue weighted by atomic mass is 32.2. The van der Waals surface area contributed by atoms with Crippen LogP contribution in [-0.2, 0) is 0 Å². The summed E-state index contributed by atoms with van der Waals surface area (Å²) in [5.41, 5.74) is 6.69. The molecule has 0 spiro atoms. The van der Waals surface area contributed by atoms with Gasteiger partial charge in [-0.05, 0) is 26.0 Å². The van der Waals surface area contributed by atoms with E-state index < -0.39 is 0 Å². The second-order valence-corrected chi connectivity index (χ2v) is 6.25. The third-order valence-electron chi connectivity index (χ3n) is 2.84. The number of carbonyl (C=O) groups excluding carboxylic acids is 1. The van der Waals surface area contributed by atoms with Crippen LogP contribution in [0.25, 0.3) is 0 Å². The first-order valence-electron chi connectivity index (χ1n) is 6.56. The summed E-state index contributed by atoms with van der Waals surface area (Å²) in [4.78, 5) is 13.6. The Hall–Kier alpha value is -0.880. The lowest BCUT2D eigenvalue weighted by Crippen LogP contribution is -2.23. The van der Waals surface area contributed by atoms with E-state index in [1.165, 1.54) is 11.3 Å². The van der Waals surface area contributed by atoms with E-state index in [0.29, 0.717) is 23.2 Å². The van der Waals surface area contributed by atoms with Gasteiger partial charge in [-0.1, -0.05) is 13.8 Å². The Bertz CT molecular complexity index is 432. The summed E-state index contributed by atoms with van der Waals surface area (Å²) in [7, 11) is 0. The highest BCUT2D eigenvalue weighted by molar-refractivity contribution is 7.99. The standard InChI is InChI=1S/C13H23N3OS2/c1-5-7-15-12(17)10-9(14)11(18-4)13(19-10)16-8(3)6-2/h8,16H,5-7,14H2,1-4H3,(H,15,17). The number of carbonyl (C=O) groups is 1. The fourth-order valence-electron chi connectivity index (χ4n) is 1.54. The summed E-state index contributed by atoms with van der Waals surface area (Å²) in [6, 6.07) is 0.371. The van der Waals surface area contributed by atoms with E-state index >= 15 is 0 Å². The molecule has 1 unspecified atom stereocenters. The van der Waals surface area contributed by atoms with Gasteiger partial charge in [0.1, 0.15) is 9.88 Å². The Morgan fingerprint density at radius 3 is 2.68 bits per heavy atom. The van der Waals surface area contributed by atoms with Crippen LogP contribution in [0.2, 0.25) is 0 Å². The minimum absolute atomic E-state index is 0.0724. The maximum Gasteiger partial charge on any atom is 0.263 e. The van der Waals surface area contributed by atoms with Crippen molar-refractivity contribution in [1.82, 2.24) is 5.32 Å². The second kappa shape index (κ2) is 7.65. The fraction of sp³-hybridized carbons (Fsp3) is 0.615. The third kappa shape index (κ3) is 4.04. The molecule has 4 N–H and O–H groups in total. The molecule has 0 saturated heterocycles.